The maximum Gasteiger partial charge on any atom is 0.138 e. The van der Waals surface area contributed by atoms with Crippen molar-refractivity contribution in [1.82, 2.24) is 29.9 Å². The summed E-state index contributed by atoms with van der Waals surface area (Å²) in [6.07, 6.45) is 7.85. The van der Waals surface area contributed by atoms with E-state index in [1.165, 1.54) is 24.1 Å². The number of rotatable bonds is 7. The molecule has 3 aromatic rings. The van der Waals surface area contributed by atoms with E-state index in [0.29, 0.717) is 0 Å². The van der Waals surface area contributed by atoms with Gasteiger partial charge in [-0.3, -0.25) is 4.68 Å². The number of nitrogens with one attached hydrogen (secondary N) is 1. The van der Waals surface area contributed by atoms with Gasteiger partial charge in [-0.05, 0) is 42.5 Å². The number of aromatic nitrogens is 5. The predicted octanol–water partition coefficient (Wildman–Crippen LogP) is 2.16. The molecule has 118 valence electrons. The van der Waals surface area contributed by atoms with Crippen LogP contribution in [-0.4, -0.2) is 24.5 Å². The van der Waals surface area contributed by atoms with E-state index in [1.54, 1.807) is 17.3 Å². The third-order valence-corrected chi connectivity index (χ3v) is 4.16. The average Bonchev–Trinajstić information content (AvgIpc) is 3.04. The van der Waals surface area contributed by atoms with Crippen LogP contribution in [0.5, 0.6) is 0 Å². The molecule has 1 saturated carbocycles. The first kappa shape index (κ1) is 14.1. The number of nitrogens with zero attached hydrogens (tertiary/aromatic N) is 5. The lowest BCUT2D eigenvalue weighted by molar-refractivity contribution is 0.522. The summed E-state index contributed by atoms with van der Waals surface area (Å²) in [5.41, 5.74) is 3.51. The predicted molar refractivity (Wildman–Crippen MR) is 86.9 cm³/mol. The van der Waals surface area contributed by atoms with Gasteiger partial charge in [-0.25, -0.2) is 9.67 Å². The highest BCUT2D eigenvalue weighted by molar-refractivity contribution is 5.34. The molecule has 0 aliphatic heterocycles. The summed E-state index contributed by atoms with van der Waals surface area (Å²) in [5.74, 6) is 0.841. The largest absolute Gasteiger partial charge is 0.307 e. The van der Waals surface area contributed by atoms with Crippen molar-refractivity contribution < 1.29 is 0 Å². The van der Waals surface area contributed by atoms with E-state index >= 15 is 0 Å². The van der Waals surface area contributed by atoms with E-state index in [1.807, 2.05) is 18.3 Å². The Morgan fingerprint density at radius 2 is 2.09 bits per heavy atom. The molecule has 0 bridgehead atoms. The van der Waals surface area contributed by atoms with Gasteiger partial charge in [-0.15, -0.1) is 0 Å². The third kappa shape index (κ3) is 3.48. The summed E-state index contributed by atoms with van der Waals surface area (Å²) < 4.78 is 3.91. The third-order valence-electron chi connectivity index (χ3n) is 4.16. The first-order valence-electron chi connectivity index (χ1n) is 8.04. The molecule has 1 aliphatic carbocycles. The average molecular weight is 308 g/mol. The first-order chi connectivity index (χ1) is 11.4. The molecular weight excluding hydrogens is 288 g/mol. The molecule has 1 aromatic carbocycles. The Morgan fingerprint density at radius 1 is 1.13 bits per heavy atom. The quantitative estimate of drug-likeness (QED) is 0.726. The van der Waals surface area contributed by atoms with Gasteiger partial charge in [0.2, 0.25) is 0 Å². The molecule has 1 N–H and O–H groups in total. The summed E-state index contributed by atoms with van der Waals surface area (Å²) in [7, 11) is 0. The Bertz CT molecular complexity index is 757. The normalized spacial score (nSPS) is 14.3. The van der Waals surface area contributed by atoms with Crippen molar-refractivity contribution in [2.45, 2.75) is 32.5 Å². The van der Waals surface area contributed by atoms with E-state index in [4.69, 9.17) is 0 Å². The highest BCUT2D eigenvalue weighted by Gasteiger charge is 2.22. The van der Waals surface area contributed by atoms with Gasteiger partial charge in [-0.1, -0.05) is 12.1 Å². The molecular formula is C17H20N6. The molecule has 0 spiro atoms. The van der Waals surface area contributed by atoms with E-state index in [2.05, 4.69) is 43.4 Å². The SMILES string of the molecule is c1cc(CNCc2ccnn2CC2CC2)cc(-n2cncn2)c1. The molecule has 1 aliphatic rings. The standard InChI is InChI=1S/C17H20N6/c1-2-15(8-16(3-1)23-13-19-12-21-23)9-18-10-17-6-7-20-22(17)11-14-4-5-14/h1-3,6-8,12-14,18H,4-5,9-11H2. The Labute approximate surface area is 135 Å². The van der Waals surface area contributed by atoms with E-state index in [0.717, 1.165) is 31.2 Å². The van der Waals surface area contributed by atoms with Gasteiger partial charge in [-0.2, -0.15) is 10.2 Å². The zero-order valence-corrected chi connectivity index (χ0v) is 13.0. The topological polar surface area (TPSA) is 60.6 Å². The minimum Gasteiger partial charge on any atom is -0.307 e. The lowest BCUT2D eigenvalue weighted by Crippen LogP contribution is -2.17. The molecule has 2 heterocycles. The molecule has 1 fully saturated rings. The molecule has 4 rings (SSSR count). The van der Waals surface area contributed by atoms with Gasteiger partial charge in [0.15, 0.2) is 0 Å². The van der Waals surface area contributed by atoms with Crippen molar-refractivity contribution in [3.63, 3.8) is 0 Å². The molecule has 0 amide bonds. The molecule has 0 radical (unpaired) electrons. The van der Waals surface area contributed by atoms with Gasteiger partial charge in [0.05, 0.1) is 11.4 Å². The van der Waals surface area contributed by atoms with Crippen LogP contribution in [0.25, 0.3) is 5.69 Å². The highest BCUT2D eigenvalue weighted by Crippen LogP contribution is 2.30. The molecule has 0 unspecified atom stereocenters. The minimum atomic E-state index is 0.817. The van der Waals surface area contributed by atoms with Crippen LogP contribution in [-0.2, 0) is 19.6 Å². The van der Waals surface area contributed by atoms with Crippen LogP contribution in [0.2, 0.25) is 0 Å². The molecule has 0 saturated heterocycles. The number of hydrogen-bond donors (Lipinski definition) is 1. The Morgan fingerprint density at radius 3 is 2.91 bits per heavy atom. The van der Waals surface area contributed by atoms with Gasteiger partial charge in [0, 0.05) is 25.8 Å². The second kappa shape index (κ2) is 6.34. The fraction of sp³-hybridized carbons (Fsp3) is 0.353. The van der Waals surface area contributed by atoms with Gasteiger partial charge < -0.3 is 5.32 Å². The van der Waals surface area contributed by atoms with E-state index < -0.39 is 0 Å². The fourth-order valence-electron chi connectivity index (χ4n) is 2.71. The van der Waals surface area contributed by atoms with Crippen molar-refractivity contribution in [2.75, 3.05) is 0 Å². The van der Waals surface area contributed by atoms with Crippen LogP contribution in [0.1, 0.15) is 24.1 Å². The second-order valence-corrected chi connectivity index (χ2v) is 6.06. The number of benzene rings is 1. The maximum atomic E-state index is 4.43. The van der Waals surface area contributed by atoms with E-state index in [-0.39, 0.29) is 0 Å². The lowest BCUT2D eigenvalue weighted by atomic mass is 10.2. The van der Waals surface area contributed by atoms with Crippen molar-refractivity contribution >= 4 is 0 Å². The summed E-state index contributed by atoms with van der Waals surface area (Å²) in [6.45, 7) is 2.71. The smallest absolute Gasteiger partial charge is 0.138 e. The first-order valence-corrected chi connectivity index (χ1v) is 8.04. The van der Waals surface area contributed by atoms with E-state index in [9.17, 15) is 0 Å². The molecule has 6 nitrogen and oxygen atoms in total. The van der Waals surface area contributed by atoms with Crippen molar-refractivity contribution in [3.8, 4) is 5.69 Å². The molecule has 6 heteroatoms. The summed E-state index contributed by atoms with van der Waals surface area (Å²) in [6, 6.07) is 10.4. The lowest BCUT2D eigenvalue weighted by Gasteiger charge is -2.09. The summed E-state index contributed by atoms with van der Waals surface area (Å²) >= 11 is 0. The Hall–Kier alpha value is -2.47. The van der Waals surface area contributed by atoms with Gasteiger partial charge in [0.25, 0.3) is 0 Å². The van der Waals surface area contributed by atoms with Gasteiger partial charge in [0.1, 0.15) is 12.7 Å². The monoisotopic (exact) mass is 308 g/mol. The molecule has 2 aromatic heterocycles. The zero-order chi connectivity index (χ0) is 15.5. The highest BCUT2D eigenvalue weighted by atomic mass is 15.3. The van der Waals surface area contributed by atoms with Gasteiger partial charge >= 0.3 is 0 Å². The van der Waals surface area contributed by atoms with Crippen molar-refractivity contribution in [3.05, 3.63) is 60.4 Å². The summed E-state index contributed by atoms with van der Waals surface area (Å²) in [4.78, 5) is 3.99. The van der Waals surface area contributed by atoms with Crippen LogP contribution in [0.15, 0.2) is 49.2 Å². The molecule has 0 atom stereocenters. The fourth-order valence-corrected chi connectivity index (χ4v) is 2.71. The summed E-state index contributed by atoms with van der Waals surface area (Å²) in [5, 5.41) is 12.1. The minimum absolute atomic E-state index is 0.817. The zero-order valence-electron chi connectivity index (χ0n) is 13.0. The Balaban J connectivity index is 1.36. The van der Waals surface area contributed by atoms with Crippen LogP contribution in [0.4, 0.5) is 0 Å². The van der Waals surface area contributed by atoms with Crippen LogP contribution in [0.3, 0.4) is 0 Å². The van der Waals surface area contributed by atoms with Crippen molar-refractivity contribution in [2.24, 2.45) is 5.92 Å². The van der Waals surface area contributed by atoms with Crippen LogP contribution >= 0.6 is 0 Å². The van der Waals surface area contributed by atoms with Crippen LogP contribution in [0, 0.1) is 5.92 Å². The number of hydrogen-bond acceptors (Lipinski definition) is 4. The van der Waals surface area contributed by atoms with Crippen molar-refractivity contribution in [1.29, 1.82) is 0 Å². The Kier molecular flexibility index (Phi) is 3.90. The van der Waals surface area contributed by atoms with Crippen LogP contribution < -0.4 is 5.32 Å². The maximum absolute atomic E-state index is 4.43. The molecule has 23 heavy (non-hydrogen) atoms. The second-order valence-electron chi connectivity index (χ2n) is 6.06.